The van der Waals surface area contributed by atoms with Crippen LogP contribution in [0.3, 0.4) is 0 Å². The molecule has 1 aromatic rings. The van der Waals surface area contributed by atoms with Crippen molar-refractivity contribution in [1.29, 1.82) is 0 Å². The first-order valence-electron chi connectivity index (χ1n) is 12.3. The molecule has 1 aromatic carbocycles. The quantitative estimate of drug-likeness (QED) is 0.297. The molecule has 0 radical (unpaired) electrons. The van der Waals surface area contributed by atoms with Crippen LogP contribution in [0.5, 0.6) is 11.5 Å². The topological polar surface area (TPSA) is 114 Å². The summed E-state index contributed by atoms with van der Waals surface area (Å²) in [5.74, 6) is 0.205. The smallest absolute Gasteiger partial charge is 0.289 e. The van der Waals surface area contributed by atoms with Gasteiger partial charge in [0.15, 0.2) is 17.4 Å². The van der Waals surface area contributed by atoms with E-state index in [0.29, 0.717) is 43.2 Å². The van der Waals surface area contributed by atoms with Crippen LogP contribution in [0, 0.1) is 0 Å². The number of ether oxygens (including phenoxy) is 3. The Kier molecular flexibility index (Phi) is 10.4. The largest absolute Gasteiger partial charge is 0.486 e. The van der Waals surface area contributed by atoms with Gasteiger partial charge in [-0.15, -0.1) is 0 Å². The number of hydrogen-bond donors (Lipinski definition) is 2. The number of carbonyl (C=O) groups is 1. The lowest BCUT2D eigenvalue weighted by atomic mass is 10.00. The van der Waals surface area contributed by atoms with Crippen LogP contribution in [0.1, 0.15) is 70.0 Å². The second kappa shape index (κ2) is 13.3. The van der Waals surface area contributed by atoms with Crippen molar-refractivity contribution in [2.75, 3.05) is 38.8 Å². The molecule has 1 fully saturated rings. The number of likely N-dealkylation sites (tertiary alicyclic amines) is 1. The van der Waals surface area contributed by atoms with Crippen LogP contribution in [-0.4, -0.2) is 68.6 Å². The minimum atomic E-state index is -4.36. The van der Waals surface area contributed by atoms with Gasteiger partial charge >= 0.3 is 0 Å². The zero-order valence-corrected chi connectivity index (χ0v) is 20.9. The first-order chi connectivity index (χ1) is 16.4. The van der Waals surface area contributed by atoms with Crippen LogP contribution in [0.2, 0.25) is 0 Å². The van der Waals surface area contributed by atoms with E-state index in [-0.39, 0.29) is 5.91 Å². The van der Waals surface area contributed by atoms with Gasteiger partial charge in [0.25, 0.3) is 10.1 Å². The van der Waals surface area contributed by atoms with Crippen LogP contribution in [-0.2, 0) is 19.6 Å². The Labute approximate surface area is 202 Å². The third-order valence-corrected chi connectivity index (χ3v) is 6.60. The fourth-order valence-electron chi connectivity index (χ4n) is 4.47. The van der Waals surface area contributed by atoms with Gasteiger partial charge in [-0.2, -0.15) is 8.42 Å². The number of rotatable bonds is 14. The maximum Gasteiger partial charge on any atom is 0.289 e. The van der Waals surface area contributed by atoms with Gasteiger partial charge in [-0.3, -0.25) is 9.35 Å². The van der Waals surface area contributed by atoms with Crippen LogP contribution in [0.25, 0.3) is 0 Å². The third kappa shape index (κ3) is 8.72. The van der Waals surface area contributed by atoms with Gasteiger partial charge in [-0.25, -0.2) is 0 Å². The minimum absolute atomic E-state index is 0.0845. The number of nitrogens with one attached hydrogen (secondary N) is 1. The van der Waals surface area contributed by atoms with E-state index in [1.807, 2.05) is 0 Å². The highest BCUT2D eigenvalue weighted by Gasteiger charge is 2.31. The molecule has 2 aliphatic rings. The van der Waals surface area contributed by atoms with Crippen molar-refractivity contribution in [2.24, 2.45) is 0 Å². The highest BCUT2D eigenvalue weighted by molar-refractivity contribution is 7.85. The summed E-state index contributed by atoms with van der Waals surface area (Å²) in [6.45, 7) is 5.37. The molecule has 10 heteroatoms. The van der Waals surface area contributed by atoms with Crippen LogP contribution in [0.4, 0.5) is 0 Å². The summed E-state index contributed by atoms with van der Waals surface area (Å²) in [6.07, 6.45) is 7.01. The Morgan fingerprint density at radius 3 is 2.53 bits per heavy atom. The molecular weight excluding hydrogens is 460 g/mol. The molecule has 0 unspecified atom stereocenters. The van der Waals surface area contributed by atoms with E-state index in [9.17, 15) is 17.8 Å². The summed E-state index contributed by atoms with van der Waals surface area (Å²) < 4.78 is 49.4. The van der Waals surface area contributed by atoms with E-state index in [4.69, 9.17) is 14.2 Å². The molecule has 0 aliphatic carbocycles. The molecule has 0 saturated carbocycles. The fraction of sp³-hybridized carbons (Fsp3) is 0.708. The van der Waals surface area contributed by atoms with Crippen LogP contribution >= 0.6 is 0 Å². The first-order valence-corrected chi connectivity index (χ1v) is 13.9. The van der Waals surface area contributed by atoms with Gasteiger partial charge in [0.05, 0.1) is 6.04 Å². The van der Waals surface area contributed by atoms with E-state index in [0.717, 1.165) is 58.0 Å². The van der Waals surface area contributed by atoms with E-state index >= 15 is 0 Å². The maximum atomic E-state index is 12.8. The average molecular weight is 499 g/mol. The molecule has 2 atom stereocenters. The normalized spacial score (nSPS) is 17.9. The molecule has 3 rings (SSSR count). The predicted octanol–water partition coefficient (Wildman–Crippen LogP) is 3.30. The van der Waals surface area contributed by atoms with Gasteiger partial charge in [-0.05, 0) is 50.0 Å². The molecule has 2 aliphatic heterocycles. The number of fused-ring (bicyclic) bond motifs is 1. The zero-order chi connectivity index (χ0) is 24.4. The van der Waals surface area contributed by atoms with Crippen molar-refractivity contribution < 1.29 is 32.0 Å². The lowest BCUT2D eigenvalue weighted by Gasteiger charge is -2.32. The summed E-state index contributed by atoms with van der Waals surface area (Å²) in [7, 11) is -4.36. The maximum absolute atomic E-state index is 12.8. The number of nitrogens with zero attached hydrogens (tertiary/aromatic N) is 1. The lowest BCUT2D eigenvalue weighted by Crippen LogP contribution is -2.47. The Hall–Kier alpha value is -1.88. The van der Waals surface area contributed by atoms with Crippen molar-refractivity contribution in [3.05, 3.63) is 23.8 Å². The van der Waals surface area contributed by atoms with Gasteiger partial charge in [0.1, 0.15) is 19.3 Å². The van der Waals surface area contributed by atoms with Crippen LogP contribution in [0.15, 0.2) is 18.2 Å². The SMILES string of the molecule is CCCCCCCC(=O)N[C@H](CN1CCCC1)[C@H](OCS(=O)(=O)O)c1ccc2c(c1)OCCO2. The van der Waals surface area contributed by atoms with Crippen molar-refractivity contribution in [3.8, 4) is 11.5 Å². The van der Waals surface area contributed by atoms with Crippen LogP contribution < -0.4 is 14.8 Å². The zero-order valence-electron chi connectivity index (χ0n) is 20.0. The Balaban J connectivity index is 1.79. The van der Waals surface area contributed by atoms with Crippen molar-refractivity contribution >= 4 is 16.0 Å². The number of carbonyl (C=O) groups excluding carboxylic acids is 1. The van der Waals surface area contributed by atoms with Crippen molar-refractivity contribution in [3.63, 3.8) is 0 Å². The Morgan fingerprint density at radius 1 is 1.12 bits per heavy atom. The number of hydrogen-bond acceptors (Lipinski definition) is 7. The minimum Gasteiger partial charge on any atom is -0.486 e. The van der Waals surface area contributed by atoms with Gasteiger partial charge in [0.2, 0.25) is 5.91 Å². The molecule has 1 amide bonds. The second-order valence-electron chi connectivity index (χ2n) is 9.04. The third-order valence-electron chi connectivity index (χ3n) is 6.16. The highest BCUT2D eigenvalue weighted by Crippen LogP contribution is 2.35. The summed E-state index contributed by atoms with van der Waals surface area (Å²) in [5, 5.41) is 3.10. The first kappa shape index (κ1) is 26.7. The Morgan fingerprint density at radius 2 is 1.82 bits per heavy atom. The summed E-state index contributed by atoms with van der Waals surface area (Å²) in [5.41, 5.74) is 0.653. The average Bonchev–Trinajstić information content (AvgIpc) is 3.31. The van der Waals surface area contributed by atoms with Crippen molar-refractivity contribution in [1.82, 2.24) is 10.2 Å². The fourth-order valence-corrected chi connectivity index (χ4v) is 4.79. The standard InChI is InChI=1S/C24H38N2O7S/c1-2-3-4-5-6-9-23(27)25-20(17-26-12-7-8-13-26)24(33-18-34(28,29)30)19-10-11-21-22(16-19)32-15-14-31-21/h10-11,16,20,24H,2-9,12-15,17-18H2,1H3,(H,25,27)(H,28,29,30)/t20-,24-/m1/s1. The second-order valence-corrected chi connectivity index (χ2v) is 10.4. The predicted molar refractivity (Wildman–Crippen MR) is 129 cm³/mol. The lowest BCUT2D eigenvalue weighted by molar-refractivity contribution is -0.123. The van der Waals surface area contributed by atoms with E-state index in [1.54, 1.807) is 18.2 Å². The summed E-state index contributed by atoms with van der Waals surface area (Å²) >= 11 is 0. The molecule has 192 valence electrons. The van der Waals surface area contributed by atoms with Gasteiger partial charge in [0, 0.05) is 13.0 Å². The molecule has 0 aromatic heterocycles. The summed E-state index contributed by atoms with van der Waals surface area (Å²) in [4.78, 5) is 15.1. The molecule has 0 bridgehead atoms. The number of benzene rings is 1. The molecule has 1 saturated heterocycles. The number of unbranched alkanes of at least 4 members (excludes halogenated alkanes) is 4. The molecule has 0 spiro atoms. The molecule has 9 nitrogen and oxygen atoms in total. The van der Waals surface area contributed by atoms with E-state index < -0.39 is 28.2 Å². The molecular formula is C24H38N2O7S. The van der Waals surface area contributed by atoms with Crippen molar-refractivity contribution in [2.45, 2.75) is 70.4 Å². The monoisotopic (exact) mass is 498 g/mol. The number of amides is 1. The van der Waals surface area contributed by atoms with E-state index in [2.05, 4.69) is 17.1 Å². The summed E-state index contributed by atoms with van der Waals surface area (Å²) in [6, 6.07) is 4.81. The van der Waals surface area contributed by atoms with Gasteiger partial charge in [-0.1, -0.05) is 38.7 Å². The molecule has 2 N–H and O–H groups in total. The Bertz CT molecular complexity index is 887. The van der Waals surface area contributed by atoms with E-state index in [1.165, 1.54) is 0 Å². The molecule has 2 heterocycles. The highest BCUT2D eigenvalue weighted by atomic mass is 32.2. The van der Waals surface area contributed by atoms with Gasteiger partial charge < -0.3 is 24.4 Å². The molecule has 34 heavy (non-hydrogen) atoms.